The lowest BCUT2D eigenvalue weighted by molar-refractivity contribution is -0.205. The first-order valence-corrected chi connectivity index (χ1v) is 12.1. The van der Waals surface area contributed by atoms with Crippen molar-refractivity contribution in [3.63, 3.8) is 0 Å². The van der Waals surface area contributed by atoms with Crippen molar-refractivity contribution in [3.8, 4) is 0 Å². The minimum Gasteiger partial charge on any atom is -0.368 e. The maximum absolute atomic E-state index is 11.0. The molecular formula is C25H46O4. The summed E-state index contributed by atoms with van der Waals surface area (Å²) in [5.41, 5.74) is 0.607. The van der Waals surface area contributed by atoms with Gasteiger partial charge in [-0.15, -0.1) is 0 Å². The average molecular weight is 411 g/mol. The molecule has 1 N–H and O–H groups in total. The maximum atomic E-state index is 11.0. The molecule has 1 aliphatic heterocycles. The topological polar surface area (TPSA) is 47.9 Å². The lowest BCUT2D eigenvalue weighted by Crippen LogP contribution is -2.35. The van der Waals surface area contributed by atoms with Gasteiger partial charge in [-0.25, -0.2) is 0 Å². The lowest BCUT2D eigenvalue weighted by Gasteiger charge is -2.32. The summed E-state index contributed by atoms with van der Waals surface area (Å²) in [6.45, 7) is 14.9. The number of rotatable bonds is 6. The van der Waals surface area contributed by atoms with Gasteiger partial charge in [-0.05, 0) is 61.2 Å². The predicted octanol–water partition coefficient (Wildman–Crippen LogP) is 5.91. The molecule has 0 radical (unpaired) electrons. The van der Waals surface area contributed by atoms with E-state index in [1.165, 1.54) is 32.1 Å². The molecule has 2 saturated carbocycles. The van der Waals surface area contributed by atoms with Gasteiger partial charge in [0, 0.05) is 18.8 Å². The van der Waals surface area contributed by atoms with Crippen molar-refractivity contribution < 1.29 is 19.3 Å². The number of aliphatic hydroxyl groups is 1. The Morgan fingerprint density at radius 2 is 1.62 bits per heavy atom. The molecule has 0 aromatic heterocycles. The molecule has 5 unspecified atom stereocenters. The average Bonchev–Trinajstić information content (AvgIpc) is 3.14. The third kappa shape index (κ3) is 6.92. The van der Waals surface area contributed by atoms with Crippen LogP contribution in [0.3, 0.4) is 0 Å². The second kappa shape index (κ2) is 9.14. The Morgan fingerprint density at radius 1 is 0.966 bits per heavy atom. The summed E-state index contributed by atoms with van der Waals surface area (Å²) in [6.07, 6.45) is 9.55. The van der Waals surface area contributed by atoms with Crippen LogP contribution in [0.25, 0.3) is 0 Å². The third-order valence-electron chi connectivity index (χ3n) is 6.97. The Bertz CT molecular complexity index is 512. The summed E-state index contributed by atoms with van der Waals surface area (Å²) in [7, 11) is 0. The van der Waals surface area contributed by atoms with E-state index >= 15 is 0 Å². The van der Waals surface area contributed by atoms with E-state index in [0.717, 1.165) is 25.7 Å². The van der Waals surface area contributed by atoms with E-state index in [1.807, 2.05) is 0 Å². The summed E-state index contributed by atoms with van der Waals surface area (Å²) < 4.78 is 18.3. The van der Waals surface area contributed by atoms with Gasteiger partial charge in [0.2, 0.25) is 0 Å². The number of ether oxygens (including phenoxy) is 3. The number of aliphatic hydroxyl groups excluding tert-OH is 1. The van der Waals surface area contributed by atoms with Gasteiger partial charge in [0.1, 0.15) is 6.10 Å². The molecule has 3 fully saturated rings. The molecule has 3 aliphatic rings. The first kappa shape index (κ1) is 23.5. The molecule has 0 aromatic carbocycles. The van der Waals surface area contributed by atoms with Crippen LogP contribution in [0.15, 0.2) is 0 Å². The van der Waals surface area contributed by atoms with E-state index in [9.17, 15) is 5.11 Å². The van der Waals surface area contributed by atoms with Crippen LogP contribution in [0.4, 0.5) is 0 Å². The van der Waals surface area contributed by atoms with E-state index in [1.54, 1.807) is 0 Å². The monoisotopic (exact) mass is 410 g/mol. The highest BCUT2D eigenvalue weighted by Crippen LogP contribution is 2.48. The minimum absolute atomic E-state index is 0.0457. The molecule has 1 spiro atoms. The van der Waals surface area contributed by atoms with Crippen molar-refractivity contribution in [1.29, 1.82) is 0 Å². The summed E-state index contributed by atoms with van der Waals surface area (Å²) >= 11 is 0. The smallest absolute Gasteiger partial charge is 0.169 e. The van der Waals surface area contributed by atoms with Gasteiger partial charge in [0.25, 0.3) is 0 Å². The molecule has 4 nitrogen and oxygen atoms in total. The van der Waals surface area contributed by atoms with Crippen LogP contribution in [0.5, 0.6) is 0 Å². The highest BCUT2D eigenvalue weighted by molar-refractivity contribution is 4.89. The Hall–Kier alpha value is -0.160. The maximum Gasteiger partial charge on any atom is 0.169 e. The molecule has 5 atom stereocenters. The quantitative estimate of drug-likeness (QED) is 0.553. The molecule has 3 rings (SSSR count). The van der Waals surface area contributed by atoms with Crippen LogP contribution in [0.2, 0.25) is 0 Å². The molecule has 1 heterocycles. The first-order valence-electron chi connectivity index (χ1n) is 12.1. The van der Waals surface area contributed by atoms with Crippen molar-refractivity contribution in [2.24, 2.45) is 28.6 Å². The Balaban J connectivity index is 1.53. The third-order valence-corrected chi connectivity index (χ3v) is 6.97. The zero-order valence-corrected chi connectivity index (χ0v) is 19.8. The highest BCUT2D eigenvalue weighted by Gasteiger charge is 2.44. The van der Waals surface area contributed by atoms with E-state index in [2.05, 4.69) is 41.5 Å². The van der Waals surface area contributed by atoms with Crippen molar-refractivity contribution in [3.05, 3.63) is 0 Å². The molecule has 29 heavy (non-hydrogen) atoms. The predicted molar refractivity (Wildman–Crippen MR) is 116 cm³/mol. The van der Waals surface area contributed by atoms with Gasteiger partial charge in [-0.3, -0.25) is 0 Å². The van der Waals surface area contributed by atoms with E-state index < -0.39 is 6.29 Å². The van der Waals surface area contributed by atoms with Gasteiger partial charge < -0.3 is 19.3 Å². The Kier molecular flexibility index (Phi) is 7.41. The lowest BCUT2D eigenvalue weighted by atomic mass is 9.79. The minimum atomic E-state index is -0.696. The SMILES string of the molecule is CC(C)(C)CC1CC(CC(C)(C)C)C(C(O)OCC2COC3(CCCCC3)O2)C1. The summed E-state index contributed by atoms with van der Waals surface area (Å²) in [5.74, 6) is 1.08. The molecule has 0 aromatic rings. The van der Waals surface area contributed by atoms with Crippen molar-refractivity contribution >= 4 is 0 Å². The summed E-state index contributed by atoms with van der Waals surface area (Å²) in [5, 5.41) is 11.0. The van der Waals surface area contributed by atoms with Gasteiger partial charge in [-0.1, -0.05) is 48.0 Å². The van der Waals surface area contributed by atoms with Gasteiger partial charge >= 0.3 is 0 Å². The number of hydrogen-bond donors (Lipinski definition) is 1. The molecule has 1 saturated heterocycles. The zero-order valence-electron chi connectivity index (χ0n) is 19.8. The standard InChI is InChI=1S/C25H46O4/c1-23(2,3)14-18-12-19(15-24(4,5)6)21(13-18)22(26)27-16-20-17-28-25(29-20)10-8-7-9-11-25/h18-22,26H,7-17H2,1-6H3. The van der Waals surface area contributed by atoms with Gasteiger partial charge in [0.15, 0.2) is 12.1 Å². The van der Waals surface area contributed by atoms with Crippen molar-refractivity contribution in [1.82, 2.24) is 0 Å². The van der Waals surface area contributed by atoms with Crippen molar-refractivity contribution in [2.45, 2.75) is 118 Å². The van der Waals surface area contributed by atoms with Gasteiger partial charge in [0.05, 0.1) is 13.2 Å². The fourth-order valence-electron chi connectivity index (χ4n) is 6.06. The Morgan fingerprint density at radius 3 is 2.24 bits per heavy atom. The van der Waals surface area contributed by atoms with Crippen LogP contribution in [-0.4, -0.2) is 36.5 Å². The van der Waals surface area contributed by atoms with Crippen LogP contribution in [-0.2, 0) is 14.2 Å². The van der Waals surface area contributed by atoms with E-state index in [0.29, 0.717) is 30.5 Å². The van der Waals surface area contributed by atoms with Crippen LogP contribution in [0.1, 0.15) is 99.3 Å². The van der Waals surface area contributed by atoms with Crippen molar-refractivity contribution in [2.75, 3.05) is 13.2 Å². The molecule has 0 amide bonds. The fraction of sp³-hybridized carbons (Fsp3) is 1.00. The molecular weight excluding hydrogens is 364 g/mol. The molecule has 0 bridgehead atoms. The molecule has 4 heteroatoms. The largest absolute Gasteiger partial charge is 0.368 e. The van der Waals surface area contributed by atoms with E-state index in [-0.39, 0.29) is 23.2 Å². The second-order valence-electron chi connectivity index (χ2n) is 12.5. The summed E-state index contributed by atoms with van der Waals surface area (Å²) in [4.78, 5) is 0. The molecule has 2 aliphatic carbocycles. The molecule has 170 valence electrons. The Labute approximate surface area is 179 Å². The first-order chi connectivity index (χ1) is 13.4. The highest BCUT2D eigenvalue weighted by atomic mass is 16.8. The fourth-order valence-corrected chi connectivity index (χ4v) is 6.06. The van der Waals surface area contributed by atoms with Crippen LogP contribution >= 0.6 is 0 Å². The zero-order chi connectivity index (χ0) is 21.3. The normalized spacial score (nSPS) is 34.0. The number of hydrogen-bond acceptors (Lipinski definition) is 4. The van der Waals surface area contributed by atoms with Crippen LogP contribution in [0, 0.1) is 28.6 Å². The van der Waals surface area contributed by atoms with Gasteiger partial charge in [-0.2, -0.15) is 0 Å². The van der Waals surface area contributed by atoms with Crippen LogP contribution < -0.4 is 0 Å². The van der Waals surface area contributed by atoms with E-state index in [4.69, 9.17) is 14.2 Å². The second-order valence-corrected chi connectivity index (χ2v) is 12.5. The summed E-state index contributed by atoms with van der Waals surface area (Å²) in [6, 6.07) is 0.